The van der Waals surface area contributed by atoms with E-state index < -0.39 is 0 Å². The van der Waals surface area contributed by atoms with Gasteiger partial charge in [-0.05, 0) is 32.0 Å². The molecule has 2 heterocycles. The highest BCUT2D eigenvalue weighted by atomic mass is 15.3. The Morgan fingerprint density at radius 2 is 2.22 bits per heavy atom. The molecule has 1 aliphatic rings. The summed E-state index contributed by atoms with van der Waals surface area (Å²) in [7, 11) is 2.21. The van der Waals surface area contributed by atoms with Crippen LogP contribution < -0.4 is 10.6 Å². The number of hydrogen-bond donors (Lipinski definition) is 1. The van der Waals surface area contributed by atoms with Crippen LogP contribution in [0.1, 0.15) is 31.9 Å². The first kappa shape index (κ1) is 13.3. The molecule has 0 aliphatic carbocycles. The van der Waals surface area contributed by atoms with E-state index in [0.717, 1.165) is 31.0 Å². The van der Waals surface area contributed by atoms with Gasteiger partial charge < -0.3 is 10.6 Å². The number of rotatable bonds is 3. The molecule has 2 unspecified atom stereocenters. The Labute approximate surface area is 110 Å². The molecule has 18 heavy (non-hydrogen) atoms. The van der Waals surface area contributed by atoms with Gasteiger partial charge in [-0.15, -0.1) is 0 Å². The zero-order valence-electron chi connectivity index (χ0n) is 11.6. The van der Waals surface area contributed by atoms with E-state index in [9.17, 15) is 0 Å². The van der Waals surface area contributed by atoms with E-state index in [1.165, 1.54) is 6.42 Å². The number of aromatic nitrogens is 1. The van der Waals surface area contributed by atoms with Gasteiger partial charge in [0, 0.05) is 37.9 Å². The molecule has 1 saturated heterocycles. The number of anilines is 1. The molecule has 1 aliphatic heterocycles. The maximum atomic E-state index is 5.84. The van der Waals surface area contributed by atoms with Gasteiger partial charge in [0.05, 0.1) is 0 Å². The molecule has 0 amide bonds. The third-order valence-electron chi connectivity index (χ3n) is 3.87. The van der Waals surface area contributed by atoms with Crippen LogP contribution >= 0.6 is 0 Å². The van der Waals surface area contributed by atoms with Gasteiger partial charge in [0.2, 0.25) is 0 Å². The molecule has 2 atom stereocenters. The second-order valence-electron chi connectivity index (χ2n) is 5.23. The molecule has 2 N–H and O–H groups in total. The summed E-state index contributed by atoms with van der Waals surface area (Å²) in [6, 6.07) is 4.87. The molecule has 1 aromatic rings. The second kappa shape index (κ2) is 5.67. The van der Waals surface area contributed by atoms with Crippen LogP contribution in [0.15, 0.2) is 18.3 Å². The summed E-state index contributed by atoms with van der Waals surface area (Å²) >= 11 is 0. The van der Waals surface area contributed by atoms with Crippen molar-refractivity contribution in [2.75, 3.05) is 31.6 Å². The maximum Gasteiger partial charge on any atom is 0.128 e. The van der Waals surface area contributed by atoms with Crippen molar-refractivity contribution in [3.8, 4) is 0 Å². The smallest absolute Gasteiger partial charge is 0.128 e. The molecule has 4 nitrogen and oxygen atoms in total. The van der Waals surface area contributed by atoms with Gasteiger partial charge in [0.1, 0.15) is 5.82 Å². The lowest BCUT2D eigenvalue weighted by Gasteiger charge is -2.39. The molecule has 1 fully saturated rings. The van der Waals surface area contributed by atoms with Crippen molar-refractivity contribution in [3.63, 3.8) is 0 Å². The van der Waals surface area contributed by atoms with Gasteiger partial charge in [-0.25, -0.2) is 4.98 Å². The summed E-state index contributed by atoms with van der Waals surface area (Å²) in [4.78, 5) is 9.36. The van der Waals surface area contributed by atoms with E-state index in [1.807, 2.05) is 13.1 Å². The number of nitrogens with zero attached hydrogens (tertiary/aromatic N) is 3. The minimum absolute atomic E-state index is 0.0578. The van der Waals surface area contributed by atoms with Crippen LogP contribution in [0.3, 0.4) is 0 Å². The third-order valence-corrected chi connectivity index (χ3v) is 3.87. The summed E-state index contributed by atoms with van der Waals surface area (Å²) in [5.41, 5.74) is 6.94. The van der Waals surface area contributed by atoms with Crippen LogP contribution in [-0.4, -0.2) is 42.6 Å². The normalized spacial score (nSPS) is 23.1. The molecule has 0 spiro atoms. The molecule has 0 radical (unpaired) electrons. The third kappa shape index (κ3) is 2.82. The van der Waals surface area contributed by atoms with E-state index >= 15 is 0 Å². The van der Waals surface area contributed by atoms with Gasteiger partial charge in [-0.2, -0.15) is 0 Å². The standard InChI is InChI=1S/C14H24N4/c1-4-13-10-18(8-7-17(13)3)14-6-5-12(9-16-14)11(2)15/h5-6,9,11,13H,4,7-8,10,15H2,1-3H3. The Morgan fingerprint density at radius 3 is 2.78 bits per heavy atom. The molecular formula is C14H24N4. The Bertz CT molecular complexity index is 374. The predicted octanol–water partition coefficient (Wildman–Crippen LogP) is 1.63. The highest BCUT2D eigenvalue weighted by Gasteiger charge is 2.23. The van der Waals surface area contributed by atoms with Crippen molar-refractivity contribution < 1.29 is 0 Å². The Morgan fingerprint density at radius 1 is 1.44 bits per heavy atom. The fourth-order valence-electron chi connectivity index (χ4n) is 2.45. The van der Waals surface area contributed by atoms with Gasteiger partial charge in [0.25, 0.3) is 0 Å². The van der Waals surface area contributed by atoms with Crippen LogP contribution in [-0.2, 0) is 0 Å². The monoisotopic (exact) mass is 248 g/mol. The summed E-state index contributed by atoms with van der Waals surface area (Å²) in [6.07, 6.45) is 3.09. The summed E-state index contributed by atoms with van der Waals surface area (Å²) in [6.45, 7) is 7.46. The van der Waals surface area contributed by atoms with Crippen LogP contribution in [0.25, 0.3) is 0 Å². The van der Waals surface area contributed by atoms with E-state index in [0.29, 0.717) is 6.04 Å². The van der Waals surface area contributed by atoms with E-state index in [-0.39, 0.29) is 6.04 Å². The van der Waals surface area contributed by atoms with E-state index in [4.69, 9.17) is 5.73 Å². The zero-order valence-corrected chi connectivity index (χ0v) is 11.6. The minimum atomic E-state index is 0.0578. The van der Waals surface area contributed by atoms with E-state index in [1.54, 1.807) is 0 Å². The zero-order chi connectivity index (χ0) is 13.1. The van der Waals surface area contributed by atoms with Crippen molar-refractivity contribution in [1.29, 1.82) is 0 Å². The first-order valence-electron chi connectivity index (χ1n) is 6.78. The highest BCUT2D eigenvalue weighted by molar-refractivity contribution is 5.40. The Hall–Kier alpha value is -1.13. The van der Waals surface area contributed by atoms with Crippen molar-refractivity contribution in [3.05, 3.63) is 23.9 Å². The quantitative estimate of drug-likeness (QED) is 0.883. The molecule has 4 heteroatoms. The van der Waals surface area contributed by atoms with Crippen LogP contribution in [0.2, 0.25) is 0 Å². The second-order valence-corrected chi connectivity index (χ2v) is 5.23. The summed E-state index contributed by atoms with van der Waals surface area (Å²) in [5, 5.41) is 0. The predicted molar refractivity (Wildman–Crippen MR) is 75.8 cm³/mol. The lowest BCUT2D eigenvalue weighted by Crippen LogP contribution is -2.51. The molecule has 100 valence electrons. The number of hydrogen-bond acceptors (Lipinski definition) is 4. The molecule has 0 bridgehead atoms. The van der Waals surface area contributed by atoms with Crippen LogP contribution in [0.5, 0.6) is 0 Å². The lowest BCUT2D eigenvalue weighted by atomic mass is 10.1. The lowest BCUT2D eigenvalue weighted by molar-refractivity contribution is 0.213. The van der Waals surface area contributed by atoms with Gasteiger partial charge in [-0.3, -0.25) is 4.90 Å². The van der Waals surface area contributed by atoms with Crippen LogP contribution in [0.4, 0.5) is 5.82 Å². The van der Waals surface area contributed by atoms with Gasteiger partial charge in [-0.1, -0.05) is 13.0 Å². The Balaban J connectivity index is 2.07. The number of pyridine rings is 1. The topological polar surface area (TPSA) is 45.4 Å². The average Bonchev–Trinajstić information content (AvgIpc) is 2.39. The molecule has 2 rings (SSSR count). The average molecular weight is 248 g/mol. The molecule has 0 aromatic carbocycles. The first-order valence-corrected chi connectivity index (χ1v) is 6.78. The Kier molecular flexibility index (Phi) is 4.19. The highest BCUT2D eigenvalue weighted by Crippen LogP contribution is 2.19. The molecular weight excluding hydrogens is 224 g/mol. The molecule has 0 saturated carbocycles. The van der Waals surface area contributed by atoms with Gasteiger partial charge >= 0.3 is 0 Å². The van der Waals surface area contributed by atoms with E-state index in [2.05, 4.69) is 40.9 Å². The first-order chi connectivity index (χ1) is 8.61. The summed E-state index contributed by atoms with van der Waals surface area (Å²) < 4.78 is 0. The van der Waals surface area contributed by atoms with Crippen molar-refractivity contribution in [1.82, 2.24) is 9.88 Å². The fourth-order valence-corrected chi connectivity index (χ4v) is 2.45. The minimum Gasteiger partial charge on any atom is -0.354 e. The van der Waals surface area contributed by atoms with Crippen LogP contribution in [0, 0.1) is 0 Å². The largest absolute Gasteiger partial charge is 0.354 e. The number of nitrogens with two attached hydrogens (primary N) is 1. The number of likely N-dealkylation sites (N-methyl/N-ethyl adjacent to an activating group) is 1. The summed E-state index contributed by atoms with van der Waals surface area (Å²) in [5.74, 6) is 1.07. The maximum absolute atomic E-state index is 5.84. The SMILES string of the molecule is CCC1CN(c2ccc(C(C)N)cn2)CCN1C. The molecule has 1 aromatic heterocycles. The van der Waals surface area contributed by atoms with Gasteiger partial charge in [0.15, 0.2) is 0 Å². The van der Waals surface area contributed by atoms with Crippen molar-refractivity contribution in [2.24, 2.45) is 5.73 Å². The fraction of sp³-hybridized carbons (Fsp3) is 0.643. The van der Waals surface area contributed by atoms with Crippen molar-refractivity contribution >= 4 is 5.82 Å². The van der Waals surface area contributed by atoms with Crippen molar-refractivity contribution in [2.45, 2.75) is 32.4 Å². The number of piperazine rings is 1.